The van der Waals surface area contributed by atoms with Crippen LogP contribution in [0, 0.1) is 6.92 Å². The molecule has 6 heteroatoms. The van der Waals surface area contributed by atoms with E-state index in [1.165, 1.54) is 5.56 Å². The van der Waals surface area contributed by atoms with Crippen molar-refractivity contribution in [2.45, 2.75) is 38.4 Å². The largest absolute Gasteiger partial charge is 0.375 e. The van der Waals surface area contributed by atoms with Crippen LogP contribution < -0.4 is 5.32 Å². The van der Waals surface area contributed by atoms with Crippen LogP contribution in [0.2, 0.25) is 0 Å². The minimum absolute atomic E-state index is 0.154. The summed E-state index contributed by atoms with van der Waals surface area (Å²) in [6.45, 7) is 6.16. The van der Waals surface area contributed by atoms with Crippen molar-refractivity contribution in [1.29, 1.82) is 0 Å². The maximum absolute atomic E-state index is 5.91. The fourth-order valence-electron chi connectivity index (χ4n) is 3.29. The van der Waals surface area contributed by atoms with Gasteiger partial charge in [-0.15, -0.1) is 0 Å². The number of aromatic nitrogens is 1. The van der Waals surface area contributed by atoms with Crippen LogP contribution in [0.15, 0.2) is 23.3 Å². The van der Waals surface area contributed by atoms with Crippen molar-refractivity contribution in [2.24, 2.45) is 4.99 Å². The van der Waals surface area contributed by atoms with E-state index in [2.05, 4.69) is 32.3 Å². The average Bonchev–Trinajstić information content (AvgIpc) is 3.15. The Labute approximate surface area is 144 Å². The number of nitrogens with zero attached hydrogens (tertiary/aromatic N) is 3. The third-order valence-electron chi connectivity index (χ3n) is 4.65. The molecule has 24 heavy (non-hydrogen) atoms. The van der Waals surface area contributed by atoms with Gasteiger partial charge in [-0.05, 0) is 37.8 Å². The number of hydrogen-bond donors (Lipinski definition) is 1. The molecular weight excluding hydrogens is 304 g/mol. The fourth-order valence-corrected chi connectivity index (χ4v) is 3.29. The van der Waals surface area contributed by atoms with Crippen molar-refractivity contribution in [1.82, 2.24) is 15.2 Å². The second-order valence-corrected chi connectivity index (χ2v) is 6.44. The number of morpholine rings is 1. The molecule has 1 N–H and O–H groups in total. The molecule has 2 aliphatic rings. The molecule has 0 bridgehead atoms. The van der Waals surface area contributed by atoms with Crippen LogP contribution in [-0.2, 0) is 15.9 Å². The minimum atomic E-state index is 0.154. The third-order valence-corrected chi connectivity index (χ3v) is 4.65. The SMILES string of the molecule is CN=C(NCCc1ccc(C)nc1)N1CCOC(C2CCCO2)C1. The molecule has 1 aromatic rings. The smallest absolute Gasteiger partial charge is 0.193 e. The highest BCUT2D eigenvalue weighted by molar-refractivity contribution is 5.80. The minimum Gasteiger partial charge on any atom is -0.375 e. The molecule has 132 valence electrons. The maximum Gasteiger partial charge on any atom is 0.193 e. The molecule has 1 aromatic heterocycles. The highest BCUT2D eigenvalue weighted by Crippen LogP contribution is 2.21. The number of guanidine groups is 1. The lowest BCUT2D eigenvalue weighted by Gasteiger charge is -2.37. The van der Waals surface area contributed by atoms with Crippen LogP contribution in [0.5, 0.6) is 0 Å². The van der Waals surface area contributed by atoms with E-state index in [0.717, 1.165) is 63.8 Å². The van der Waals surface area contributed by atoms with E-state index in [0.29, 0.717) is 0 Å². The van der Waals surface area contributed by atoms with E-state index < -0.39 is 0 Å². The predicted molar refractivity (Wildman–Crippen MR) is 94.3 cm³/mol. The number of nitrogens with one attached hydrogen (secondary N) is 1. The molecule has 0 amide bonds. The zero-order valence-corrected chi connectivity index (χ0v) is 14.7. The lowest BCUT2D eigenvalue weighted by Crippen LogP contribution is -2.53. The topological polar surface area (TPSA) is 59.0 Å². The number of rotatable bonds is 4. The monoisotopic (exact) mass is 332 g/mol. The molecule has 3 rings (SSSR count). The predicted octanol–water partition coefficient (Wildman–Crippen LogP) is 1.39. The second-order valence-electron chi connectivity index (χ2n) is 6.44. The molecule has 0 spiro atoms. The fraction of sp³-hybridized carbons (Fsp3) is 0.667. The normalized spacial score (nSPS) is 25.1. The molecule has 0 radical (unpaired) electrons. The Morgan fingerprint density at radius 2 is 2.21 bits per heavy atom. The molecule has 2 aliphatic heterocycles. The standard InChI is InChI=1S/C18H28N4O2/c1-14-5-6-15(12-21-14)7-8-20-18(19-2)22-9-11-24-17(13-22)16-4-3-10-23-16/h5-6,12,16-17H,3-4,7-11,13H2,1-2H3,(H,19,20). The Balaban J connectivity index is 1.49. The molecule has 6 nitrogen and oxygen atoms in total. The summed E-state index contributed by atoms with van der Waals surface area (Å²) in [4.78, 5) is 11.1. The summed E-state index contributed by atoms with van der Waals surface area (Å²) in [7, 11) is 1.84. The summed E-state index contributed by atoms with van der Waals surface area (Å²) >= 11 is 0. The summed E-state index contributed by atoms with van der Waals surface area (Å²) in [6.07, 6.45) is 5.52. The van der Waals surface area contributed by atoms with E-state index in [-0.39, 0.29) is 12.2 Å². The quantitative estimate of drug-likeness (QED) is 0.667. The van der Waals surface area contributed by atoms with Gasteiger partial charge in [-0.1, -0.05) is 6.07 Å². The van der Waals surface area contributed by atoms with Crippen molar-refractivity contribution in [3.63, 3.8) is 0 Å². The number of pyridine rings is 1. The summed E-state index contributed by atoms with van der Waals surface area (Å²) in [5.74, 6) is 0.946. The van der Waals surface area contributed by atoms with Crippen molar-refractivity contribution < 1.29 is 9.47 Å². The van der Waals surface area contributed by atoms with Crippen LogP contribution >= 0.6 is 0 Å². The molecule has 2 unspecified atom stereocenters. The average molecular weight is 332 g/mol. The van der Waals surface area contributed by atoms with Gasteiger partial charge >= 0.3 is 0 Å². The number of hydrogen-bond acceptors (Lipinski definition) is 4. The molecule has 2 atom stereocenters. The molecule has 2 saturated heterocycles. The first-order chi connectivity index (χ1) is 11.8. The molecule has 0 aliphatic carbocycles. The first kappa shape index (κ1) is 17.2. The van der Waals surface area contributed by atoms with Crippen LogP contribution in [-0.4, -0.2) is 67.9 Å². The summed E-state index contributed by atoms with van der Waals surface area (Å²) in [5, 5.41) is 3.47. The van der Waals surface area contributed by atoms with Crippen LogP contribution in [0.25, 0.3) is 0 Å². The van der Waals surface area contributed by atoms with Crippen LogP contribution in [0.3, 0.4) is 0 Å². The third kappa shape index (κ3) is 4.45. The number of aryl methyl sites for hydroxylation is 1. The highest BCUT2D eigenvalue weighted by Gasteiger charge is 2.32. The van der Waals surface area contributed by atoms with Crippen LogP contribution in [0.4, 0.5) is 0 Å². The van der Waals surface area contributed by atoms with Gasteiger partial charge in [-0.2, -0.15) is 0 Å². The van der Waals surface area contributed by atoms with Gasteiger partial charge in [0.05, 0.1) is 12.7 Å². The van der Waals surface area contributed by atoms with E-state index in [1.807, 2.05) is 20.2 Å². The van der Waals surface area contributed by atoms with Gasteiger partial charge in [-0.3, -0.25) is 9.98 Å². The number of ether oxygens (including phenoxy) is 2. The lowest BCUT2D eigenvalue weighted by atomic mass is 10.1. The maximum atomic E-state index is 5.91. The van der Waals surface area contributed by atoms with Gasteiger partial charge in [0.15, 0.2) is 5.96 Å². The summed E-state index contributed by atoms with van der Waals surface area (Å²) in [6, 6.07) is 4.19. The molecule has 0 aromatic carbocycles. The summed E-state index contributed by atoms with van der Waals surface area (Å²) in [5.41, 5.74) is 2.29. The Morgan fingerprint density at radius 1 is 1.33 bits per heavy atom. The Bertz CT molecular complexity index is 540. The van der Waals surface area contributed by atoms with E-state index in [9.17, 15) is 0 Å². The van der Waals surface area contributed by atoms with Gasteiger partial charge < -0.3 is 19.7 Å². The molecular formula is C18H28N4O2. The Kier molecular flexibility index (Phi) is 6.04. The zero-order chi connectivity index (χ0) is 16.8. The van der Waals surface area contributed by atoms with Gasteiger partial charge in [-0.25, -0.2) is 0 Å². The first-order valence-corrected chi connectivity index (χ1v) is 8.86. The Morgan fingerprint density at radius 3 is 2.92 bits per heavy atom. The molecule has 0 saturated carbocycles. The molecule has 2 fully saturated rings. The van der Waals surface area contributed by atoms with Gasteiger partial charge in [0.2, 0.25) is 0 Å². The van der Waals surface area contributed by atoms with Gasteiger partial charge in [0, 0.05) is 45.2 Å². The van der Waals surface area contributed by atoms with Crippen LogP contribution in [0.1, 0.15) is 24.1 Å². The first-order valence-electron chi connectivity index (χ1n) is 8.86. The summed E-state index contributed by atoms with van der Waals surface area (Å²) < 4.78 is 11.7. The van der Waals surface area contributed by atoms with Gasteiger partial charge in [0.25, 0.3) is 0 Å². The highest BCUT2D eigenvalue weighted by atomic mass is 16.5. The van der Waals surface area contributed by atoms with Crippen molar-refractivity contribution in [3.05, 3.63) is 29.6 Å². The Hall–Kier alpha value is -1.66. The lowest BCUT2D eigenvalue weighted by molar-refractivity contribution is -0.0816. The molecule has 3 heterocycles. The zero-order valence-electron chi connectivity index (χ0n) is 14.7. The second kappa shape index (κ2) is 8.44. The van der Waals surface area contributed by atoms with Crippen molar-refractivity contribution >= 4 is 5.96 Å². The number of aliphatic imine (C=N–C) groups is 1. The van der Waals surface area contributed by atoms with E-state index in [4.69, 9.17) is 9.47 Å². The van der Waals surface area contributed by atoms with Crippen molar-refractivity contribution in [2.75, 3.05) is 39.9 Å². The van der Waals surface area contributed by atoms with Crippen molar-refractivity contribution in [3.8, 4) is 0 Å². The van der Waals surface area contributed by atoms with E-state index >= 15 is 0 Å². The van der Waals surface area contributed by atoms with E-state index in [1.54, 1.807) is 0 Å². The van der Waals surface area contributed by atoms with Gasteiger partial charge in [0.1, 0.15) is 6.10 Å².